The highest BCUT2D eigenvalue weighted by atomic mass is 32.2. The molecule has 2 saturated heterocycles. The first-order valence-electron chi connectivity index (χ1n) is 15.1. The molecule has 2 aliphatic rings. The molecule has 2 aromatic heterocycles. The highest BCUT2D eigenvalue weighted by molar-refractivity contribution is 7.90. The highest BCUT2D eigenvalue weighted by Gasteiger charge is 2.41. The van der Waals surface area contributed by atoms with Crippen molar-refractivity contribution in [2.45, 2.75) is 57.8 Å². The molecule has 0 unspecified atom stereocenters. The van der Waals surface area contributed by atoms with Gasteiger partial charge in [-0.25, -0.2) is 27.8 Å². The molecule has 2 aliphatic heterocycles. The zero-order valence-electron chi connectivity index (χ0n) is 26.4. The minimum Gasteiger partial charge on any atom is -0.367 e. The van der Waals surface area contributed by atoms with E-state index in [1.165, 1.54) is 18.5 Å². The first-order valence-corrected chi connectivity index (χ1v) is 17.2. The summed E-state index contributed by atoms with van der Waals surface area (Å²) < 4.78 is 80.4. The second-order valence-corrected chi connectivity index (χ2v) is 14.5. The monoisotopic (exact) mass is 679 g/mol. The van der Waals surface area contributed by atoms with Crippen LogP contribution >= 0.6 is 0 Å². The van der Waals surface area contributed by atoms with Gasteiger partial charge < -0.3 is 20.4 Å². The Bertz CT molecular complexity index is 1770. The number of pyridine rings is 1. The number of alkyl halides is 4. The lowest BCUT2D eigenvalue weighted by Gasteiger charge is -2.48. The lowest BCUT2D eigenvalue weighted by molar-refractivity contribution is -0.349. The van der Waals surface area contributed by atoms with Gasteiger partial charge in [0.1, 0.15) is 27.9 Å². The van der Waals surface area contributed by atoms with Crippen LogP contribution in [0.1, 0.15) is 38.7 Å². The van der Waals surface area contributed by atoms with Crippen LogP contribution in [0, 0.1) is 5.92 Å². The molecule has 0 aliphatic carbocycles. The van der Waals surface area contributed by atoms with E-state index in [0.29, 0.717) is 34.6 Å². The minimum atomic E-state index is -4.92. The Balaban J connectivity index is 1.46. The van der Waals surface area contributed by atoms with Crippen LogP contribution in [0.2, 0.25) is 0 Å². The van der Waals surface area contributed by atoms with Gasteiger partial charge in [-0.05, 0) is 37.5 Å². The number of fused-ring (bicyclic) bond motifs is 1. The van der Waals surface area contributed by atoms with Crippen molar-refractivity contribution in [1.29, 1.82) is 0 Å². The fraction of sp³-hybridized carbons (Fsp3) is 0.484. The molecule has 2 N–H and O–H groups in total. The predicted molar refractivity (Wildman–Crippen MR) is 173 cm³/mol. The summed E-state index contributed by atoms with van der Waals surface area (Å²) in [6, 6.07) is 5.05. The van der Waals surface area contributed by atoms with E-state index in [-0.39, 0.29) is 49.1 Å². The topological polar surface area (TPSA) is 130 Å². The van der Waals surface area contributed by atoms with Gasteiger partial charge in [-0.15, -0.1) is 13.2 Å². The first-order chi connectivity index (χ1) is 22.0. The number of rotatable bonds is 10. The van der Waals surface area contributed by atoms with Crippen molar-refractivity contribution in [2.75, 3.05) is 52.1 Å². The van der Waals surface area contributed by atoms with E-state index < -0.39 is 34.4 Å². The van der Waals surface area contributed by atoms with Gasteiger partial charge in [-0.2, -0.15) is 0 Å². The van der Waals surface area contributed by atoms with Gasteiger partial charge in [0, 0.05) is 72.1 Å². The van der Waals surface area contributed by atoms with Crippen molar-refractivity contribution >= 4 is 55.5 Å². The molecule has 11 nitrogen and oxygen atoms in total. The van der Waals surface area contributed by atoms with Gasteiger partial charge in [0.25, 0.3) is 0 Å². The second-order valence-electron chi connectivity index (χ2n) is 12.3. The Hall–Kier alpha value is -4.05. The maximum atomic E-state index is 14.6. The molecule has 0 radical (unpaired) electrons. The number of carbonyl (C=O) groups is 1. The van der Waals surface area contributed by atoms with Crippen LogP contribution in [0.15, 0.2) is 43.2 Å². The Morgan fingerprint density at radius 1 is 1.23 bits per heavy atom. The number of anilines is 5. The number of nitrogens with one attached hydrogen (secondary N) is 2. The summed E-state index contributed by atoms with van der Waals surface area (Å²) in [7, 11) is -3.17. The van der Waals surface area contributed by atoms with E-state index >= 15 is 0 Å². The van der Waals surface area contributed by atoms with E-state index in [2.05, 4.69) is 36.8 Å². The summed E-state index contributed by atoms with van der Waals surface area (Å²) in [5.74, 6) is 0.114. The van der Waals surface area contributed by atoms with Gasteiger partial charge in [-0.1, -0.05) is 20.4 Å². The number of ether oxygens (including phenoxy) is 1. The van der Waals surface area contributed by atoms with E-state index in [1.54, 1.807) is 23.2 Å². The number of amides is 1. The molecule has 4 atom stereocenters. The smallest absolute Gasteiger partial charge is 0.367 e. The Kier molecular flexibility index (Phi) is 9.64. The number of benzene rings is 1. The highest BCUT2D eigenvalue weighted by Crippen LogP contribution is 2.42. The standard InChI is InChI=1S/C31H37F4N7O4S/c1-6-27(43)39-23-12-24(42-14-19(18(42)4)16-47(5,44)45)21-13-37-30(40-29(21)28(23)17(2)3)38-20-7-9-36-26(11-20)41-10-8-25(22(32)15-41)46-31(33,34)35/h6-7,9,11-13,17-19,22,25H,1,8,10,14-16H2,2-5H3,(H,39,43)(H,36,37,38,40)/t18-,19-,22+,25-/m1/s1. The fourth-order valence-electron chi connectivity index (χ4n) is 6.14. The number of piperidine rings is 1. The molecule has 16 heteroatoms. The van der Waals surface area contributed by atoms with Gasteiger partial charge >= 0.3 is 6.36 Å². The zero-order valence-corrected chi connectivity index (χ0v) is 27.2. The van der Waals surface area contributed by atoms with E-state index in [0.717, 1.165) is 11.3 Å². The largest absolute Gasteiger partial charge is 0.522 e. The van der Waals surface area contributed by atoms with Crippen molar-refractivity contribution < 1.29 is 35.5 Å². The molecular formula is C31H37F4N7O4S. The summed E-state index contributed by atoms with van der Waals surface area (Å²) in [4.78, 5) is 29.8. The maximum Gasteiger partial charge on any atom is 0.522 e. The molecule has 254 valence electrons. The fourth-order valence-corrected chi connectivity index (χ4v) is 7.31. The van der Waals surface area contributed by atoms with Crippen LogP contribution in [0.25, 0.3) is 10.9 Å². The van der Waals surface area contributed by atoms with Crippen LogP contribution in [-0.4, -0.2) is 85.6 Å². The summed E-state index contributed by atoms with van der Waals surface area (Å²) in [5.41, 5.74) is 3.15. The van der Waals surface area contributed by atoms with Crippen LogP contribution in [0.3, 0.4) is 0 Å². The van der Waals surface area contributed by atoms with E-state index in [4.69, 9.17) is 4.98 Å². The third-order valence-corrected chi connectivity index (χ3v) is 9.47. The average molecular weight is 680 g/mol. The molecular weight excluding hydrogens is 642 g/mol. The maximum absolute atomic E-state index is 14.6. The normalized spacial score (nSPS) is 21.9. The van der Waals surface area contributed by atoms with Crippen LogP contribution in [-0.2, 0) is 19.4 Å². The number of nitrogens with zero attached hydrogens (tertiary/aromatic N) is 5. The average Bonchev–Trinajstić information content (AvgIpc) is 2.98. The Morgan fingerprint density at radius 2 is 1.98 bits per heavy atom. The zero-order chi connectivity index (χ0) is 34.3. The van der Waals surface area contributed by atoms with Gasteiger partial charge in [0.05, 0.1) is 23.5 Å². The lowest BCUT2D eigenvalue weighted by atomic mass is 9.89. The number of carbonyl (C=O) groups excluding carboxylic acids is 1. The summed E-state index contributed by atoms with van der Waals surface area (Å²) in [6.45, 7) is 9.76. The lowest BCUT2D eigenvalue weighted by Crippen LogP contribution is -2.57. The van der Waals surface area contributed by atoms with Crippen molar-refractivity contribution in [3.63, 3.8) is 0 Å². The van der Waals surface area contributed by atoms with Crippen molar-refractivity contribution in [1.82, 2.24) is 15.0 Å². The van der Waals surface area contributed by atoms with E-state index in [9.17, 15) is 30.8 Å². The summed E-state index contributed by atoms with van der Waals surface area (Å²) in [5, 5.41) is 6.76. The Labute approximate surface area is 270 Å². The third kappa shape index (κ3) is 7.92. The SMILES string of the molecule is C=CC(=O)Nc1cc(N2C[C@H](CS(C)(=O)=O)[C@H]2C)c2cnc(Nc3ccnc(N4CC[C@@H](OC(F)(F)F)[C@@H](F)C4)c3)nc2c1C(C)C. The predicted octanol–water partition coefficient (Wildman–Crippen LogP) is 5.34. The molecule has 4 heterocycles. The molecule has 1 aromatic carbocycles. The minimum absolute atomic E-state index is 0.0607. The number of aromatic nitrogens is 3. The molecule has 2 fully saturated rings. The number of hydrogen-bond donors (Lipinski definition) is 2. The molecule has 0 bridgehead atoms. The number of hydrogen-bond acceptors (Lipinski definition) is 10. The van der Waals surface area contributed by atoms with Crippen molar-refractivity contribution in [3.8, 4) is 0 Å². The molecule has 5 rings (SSSR count). The molecule has 0 spiro atoms. The first kappa shape index (κ1) is 34.3. The van der Waals surface area contributed by atoms with Gasteiger partial charge in [-0.3, -0.25) is 9.53 Å². The van der Waals surface area contributed by atoms with Crippen LogP contribution < -0.4 is 20.4 Å². The van der Waals surface area contributed by atoms with E-state index in [1.807, 2.05) is 26.8 Å². The molecule has 1 amide bonds. The quantitative estimate of drug-likeness (QED) is 0.214. The van der Waals surface area contributed by atoms with Crippen molar-refractivity contribution in [2.24, 2.45) is 5.92 Å². The van der Waals surface area contributed by atoms with Crippen LogP contribution in [0.5, 0.6) is 0 Å². The summed E-state index contributed by atoms with van der Waals surface area (Å²) in [6.07, 6.45) is -2.96. The number of sulfone groups is 1. The van der Waals surface area contributed by atoms with Gasteiger partial charge in [0.15, 0.2) is 0 Å². The Morgan fingerprint density at radius 3 is 2.60 bits per heavy atom. The molecule has 3 aromatic rings. The van der Waals surface area contributed by atoms with Crippen molar-refractivity contribution in [3.05, 3.63) is 48.8 Å². The number of halogens is 4. The third-order valence-electron chi connectivity index (χ3n) is 8.44. The second kappa shape index (κ2) is 13.2. The molecule has 0 saturated carbocycles. The summed E-state index contributed by atoms with van der Waals surface area (Å²) >= 11 is 0. The van der Waals surface area contributed by atoms with Crippen LogP contribution in [0.4, 0.5) is 46.4 Å². The molecule has 47 heavy (non-hydrogen) atoms. The van der Waals surface area contributed by atoms with Gasteiger partial charge in [0.2, 0.25) is 11.9 Å².